The second-order valence-electron chi connectivity index (χ2n) is 3.59. The Kier molecular flexibility index (Phi) is 3.56. The van der Waals surface area contributed by atoms with E-state index in [-0.39, 0.29) is 23.1 Å². The number of hydrogen-bond donors (Lipinski definition) is 1. The molecule has 2 rings (SSSR count). The lowest BCUT2D eigenvalue weighted by Crippen LogP contribution is -1.98. The molecule has 0 fully saturated rings. The third-order valence-corrected chi connectivity index (χ3v) is 2.30. The van der Waals surface area contributed by atoms with Gasteiger partial charge >= 0.3 is 0 Å². The minimum atomic E-state index is -0.573. The molecule has 0 amide bonds. The summed E-state index contributed by atoms with van der Waals surface area (Å²) in [6, 6.07) is 8.14. The fraction of sp³-hybridized carbons (Fsp3) is 0.0833. The topological polar surface area (TPSA) is 77.3 Å². The smallest absolute Gasteiger partial charge is 0.278 e. The van der Waals surface area contributed by atoms with Crippen LogP contribution in [0.1, 0.15) is 0 Å². The van der Waals surface area contributed by atoms with Crippen LogP contribution in [0.3, 0.4) is 0 Å². The summed E-state index contributed by atoms with van der Waals surface area (Å²) in [7, 11) is 1.57. The molecule has 0 bridgehead atoms. The van der Waals surface area contributed by atoms with Crippen molar-refractivity contribution in [2.24, 2.45) is 0 Å². The Hall–Kier alpha value is -2.70. The summed E-state index contributed by atoms with van der Waals surface area (Å²) in [5.41, 5.74) is -0.189. The Bertz CT molecular complexity index is 619. The zero-order valence-electron chi connectivity index (χ0n) is 9.96. The van der Waals surface area contributed by atoms with Crippen molar-refractivity contribution >= 4 is 11.5 Å². The summed E-state index contributed by atoms with van der Waals surface area (Å²) in [6.07, 6.45) is 0. The lowest BCUT2D eigenvalue weighted by Gasteiger charge is -2.07. The van der Waals surface area contributed by atoms with Crippen LogP contribution in [0.5, 0.6) is 11.6 Å². The van der Waals surface area contributed by atoms with E-state index >= 15 is 0 Å². The van der Waals surface area contributed by atoms with Crippen molar-refractivity contribution in [2.75, 3.05) is 12.4 Å². The zero-order chi connectivity index (χ0) is 13.8. The van der Waals surface area contributed by atoms with Crippen molar-refractivity contribution in [3.05, 3.63) is 52.3 Å². The van der Waals surface area contributed by atoms with Crippen molar-refractivity contribution in [2.45, 2.75) is 0 Å². The molecular weight excluding hydrogens is 253 g/mol. The van der Waals surface area contributed by atoms with Gasteiger partial charge in [0.25, 0.3) is 5.69 Å². The van der Waals surface area contributed by atoms with E-state index in [0.29, 0.717) is 0 Å². The molecule has 0 saturated heterocycles. The summed E-state index contributed by atoms with van der Waals surface area (Å²) in [5, 5.41) is 13.4. The quantitative estimate of drug-likeness (QED) is 0.677. The van der Waals surface area contributed by atoms with Crippen LogP contribution in [0, 0.1) is 15.9 Å². The number of halogens is 1. The van der Waals surface area contributed by atoms with Crippen molar-refractivity contribution in [3.8, 4) is 11.6 Å². The van der Waals surface area contributed by atoms with Crippen LogP contribution in [0.15, 0.2) is 36.4 Å². The van der Waals surface area contributed by atoms with Gasteiger partial charge in [0, 0.05) is 7.05 Å². The zero-order valence-corrected chi connectivity index (χ0v) is 9.96. The minimum Gasteiger partial charge on any atom is -0.436 e. The standard InChI is InChI=1S/C12H10FN3O3/c1-14-11-6-8(16(17)18)7-12(15-11)19-10-5-3-2-4-9(10)13/h2-7H,1H3,(H,14,15). The average Bonchev–Trinajstić information content (AvgIpc) is 2.41. The maximum Gasteiger partial charge on any atom is 0.278 e. The van der Waals surface area contributed by atoms with E-state index in [1.807, 2.05) is 0 Å². The second kappa shape index (κ2) is 5.30. The normalized spacial score (nSPS) is 10.0. The molecule has 0 aliphatic heterocycles. The highest BCUT2D eigenvalue weighted by molar-refractivity contribution is 5.48. The van der Waals surface area contributed by atoms with Crippen LogP contribution in [0.2, 0.25) is 0 Å². The van der Waals surface area contributed by atoms with E-state index in [0.717, 1.165) is 6.07 Å². The fourth-order valence-electron chi connectivity index (χ4n) is 1.42. The first-order chi connectivity index (χ1) is 9.10. The van der Waals surface area contributed by atoms with Crippen LogP contribution >= 0.6 is 0 Å². The molecule has 19 heavy (non-hydrogen) atoms. The molecule has 98 valence electrons. The van der Waals surface area contributed by atoms with Gasteiger partial charge in [0.1, 0.15) is 5.82 Å². The van der Waals surface area contributed by atoms with E-state index in [1.54, 1.807) is 13.1 Å². The van der Waals surface area contributed by atoms with E-state index in [1.165, 1.54) is 24.3 Å². The molecule has 0 radical (unpaired) electrons. The van der Waals surface area contributed by atoms with Gasteiger partial charge in [-0.3, -0.25) is 10.1 Å². The number of benzene rings is 1. The first kappa shape index (κ1) is 12.7. The number of nitrogens with one attached hydrogen (secondary N) is 1. The molecule has 0 aliphatic rings. The van der Waals surface area contributed by atoms with Gasteiger partial charge in [-0.05, 0) is 12.1 Å². The number of hydrogen-bond acceptors (Lipinski definition) is 5. The summed E-state index contributed by atoms with van der Waals surface area (Å²) in [6.45, 7) is 0. The Labute approximate surface area is 108 Å². The fourth-order valence-corrected chi connectivity index (χ4v) is 1.42. The van der Waals surface area contributed by atoms with Crippen molar-refractivity contribution in [1.29, 1.82) is 0 Å². The van der Waals surface area contributed by atoms with Crippen LogP contribution in [-0.4, -0.2) is 17.0 Å². The third kappa shape index (κ3) is 2.95. The average molecular weight is 263 g/mol. The van der Waals surface area contributed by atoms with Gasteiger partial charge in [0.2, 0.25) is 5.88 Å². The lowest BCUT2D eigenvalue weighted by molar-refractivity contribution is -0.384. The molecule has 0 atom stereocenters. The SMILES string of the molecule is CNc1cc([N+](=O)[O-])cc(Oc2ccccc2F)n1. The summed E-state index contributed by atoms with van der Waals surface area (Å²) >= 11 is 0. The molecule has 0 saturated carbocycles. The molecule has 7 heteroatoms. The Morgan fingerprint density at radius 3 is 2.74 bits per heavy atom. The number of para-hydroxylation sites is 1. The van der Waals surface area contributed by atoms with Gasteiger partial charge in [-0.1, -0.05) is 12.1 Å². The lowest BCUT2D eigenvalue weighted by atomic mass is 10.3. The van der Waals surface area contributed by atoms with Gasteiger partial charge in [0.15, 0.2) is 11.6 Å². The highest BCUT2D eigenvalue weighted by Gasteiger charge is 2.13. The molecule has 1 aromatic carbocycles. The Morgan fingerprint density at radius 2 is 2.11 bits per heavy atom. The van der Waals surface area contributed by atoms with Gasteiger partial charge in [-0.2, -0.15) is 4.98 Å². The minimum absolute atomic E-state index is 0.0439. The molecular formula is C12H10FN3O3. The first-order valence-corrected chi connectivity index (χ1v) is 5.37. The predicted octanol–water partition coefficient (Wildman–Crippen LogP) is 2.96. The van der Waals surface area contributed by atoms with E-state index < -0.39 is 10.7 Å². The highest BCUT2D eigenvalue weighted by atomic mass is 19.1. The molecule has 1 N–H and O–H groups in total. The van der Waals surface area contributed by atoms with Crippen molar-refractivity contribution in [1.82, 2.24) is 4.98 Å². The monoisotopic (exact) mass is 263 g/mol. The predicted molar refractivity (Wildman–Crippen MR) is 66.9 cm³/mol. The van der Waals surface area contributed by atoms with Crippen LogP contribution in [0.25, 0.3) is 0 Å². The number of nitro groups is 1. The number of nitrogens with zero attached hydrogens (tertiary/aromatic N) is 2. The number of aromatic nitrogens is 1. The van der Waals surface area contributed by atoms with Crippen molar-refractivity contribution in [3.63, 3.8) is 0 Å². The largest absolute Gasteiger partial charge is 0.436 e. The number of pyridine rings is 1. The van der Waals surface area contributed by atoms with Gasteiger partial charge in [-0.15, -0.1) is 0 Å². The van der Waals surface area contributed by atoms with E-state index in [9.17, 15) is 14.5 Å². The molecule has 6 nitrogen and oxygen atoms in total. The third-order valence-electron chi connectivity index (χ3n) is 2.30. The summed E-state index contributed by atoms with van der Waals surface area (Å²) in [5.74, 6) is -0.399. The highest BCUT2D eigenvalue weighted by Crippen LogP contribution is 2.27. The second-order valence-corrected chi connectivity index (χ2v) is 3.59. The van der Waals surface area contributed by atoms with Gasteiger partial charge in [-0.25, -0.2) is 4.39 Å². The van der Waals surface area contributed by atoms with Crippen LogP contribution in [0.4, 0.5) is 15.9 Å². The van der Waals surface area contributed by atoms with E-state index in [4.69, 9.17) is 4.74 Å². The number of anilines is 1. The first-order valence-electron chi connectivity index (χ1n) is 5.37. The molecule has 1 heterocycles. The van der Waals surface area contributed by atoms with Crippen LogP contribution in [-0.2, 0) is 0 Å². The molecule has 1 aromatic heterocycles. The number of ether oxygens (including phenoxy) is 1. The Morgan fingerprint density at radius 1 is 1.37 bits per heavy atom. The summed E-state index contributed by atoms with van der Waals surface area (Å²) < 4.78 is 18.6. The maximum absolute atomic E-state index is 13.4. The molecule has 0 aliphatic carbocycles. The van der Waals surface area contributed by atoms with Gasteiger partial charge < -0.3 is 10.1 Å². The van der Waals surface area contributed by atoms with Gasteiger partial charge in [0.05, 0.1) is 17.1 Å². The summed E-state index contributed by atoms with van der Waals surface area (Å²) in [4.78, 5) is 14.2. The molecule has 0 spiro atoms. The molecule has 0 unspecified atom stereocenters. The Balaban J connectivity index is 2.37. The number of rotatable bonds is 4. The van der Waals surface area contributed by atoms with Crippen molar-refractivity contribution < 1.29 is 14.1 Å². The molecule has 2 aromatic rings. The van der Waals surface area contributed by atoms with Crippen LogP contribution < -0.4 is 10.1 Å². The maximum atomic E-state index is 13.4. The van der Waals surface area contributed by atoms with E-state index in [2.05, 4.69) is 10.3 Å².